The monoisotopic (exact) mass is 310 g/mol. The molecule has 0 radical (unpaired) electrons. The van der Waals surface area contributed by atoms with Crippen LogP contribution in [0.3, 0.4) is 0 Å². The van der Waals surface area contributed by atoms with Gasteiger partial charge in [0.15, 0.2) is 5.65 Å². The Kier molecular flexibility index (Phi) is 4.50. The molecule has 1 N–H and O–H groups in total. The molecule has 0 amide bonds. The zero-order valence-corrected chi connectivity index (χ0v) is 13.9. The summed E-state index contributed by atoms with van der Waals surface area (Å²) in [5.74, 6) is 1.99. The Morgan fingerprint density at radius 1 is 1.17 bits per heavy atom. The first-order valence-corrected chi connectivity index (χ1v) is 8.02. The molecule has 3 heterocycles. The van der Waals surface area contributed by atoms with Gasteiger partial charge >= 0.3 is 0 Å². The van der Waals surface area contributed by atoms with Crippen LogP contribution in [0, 0.1) is 13.8 Å². The highest BCUT2D eigenvalue weighted by Crippen LogP contribution is 2.22. The van der Waals surface area contributed by atoms with Crippen molar-refractivity contribution in [3.05, 3.63) is 41.9 Å². The number of hydrogen-bond acceptors (Lipinski definition) is 5. The van der Waals surface area contributed by atoms with Gasteiger partial charge in [0.05, 0.1) is 5.39 Å². The summed E-state index contributed by atoms with van der Waals surface area (Å²) in [4.78, 5) is 17.5. The molecule has 0 aliphatic heterocycles. The highest BCUT2D eigenvalue weighted by Gasteiger charge is 2.08. The Balaban J connectivity index is 1.68. The number of rotatable bonds is 6. The van der Waals surface area contributed by atoms with Crippen LogP contribution >= 0.6 is 0 Å². The van der Waals surface area contributed by atoms with E-state index < -0.39 is 0 Å². The van der Waals surface area contributed by atoms with Gasteiger partial charge < -0.3 is 9.88 Å². The first kappa shape index (κ1) is 15.4. The van der Waals surface area contributed by atoms with Gasteiger partial charge in [-0.05, 0) is 31.9 Å². The van der Waals surface area contributed by atoms with Crippen molar-refractivity contribution in [2.24, 2.45) is 0 Å². The second-order valence-corrected chi connectivity index (χ2v) is 5.67. The smallest absolute Gasteiger partial charge is 0.165 e. The minimum absolute atomic E-state index is 0.753. The van der Waals surface area contributed by atoms with Crippen LogP contribution in [0.4, 0.5) is 5.82 Å². The number of nitrogens with zero attached hydrogens (tertiary/aromatic N) is 5. The van der Waals surface area contributed by atoms with E-state index in [1.165, 1.54) is 0 Å². The number of fused-ring (bicyclic) bond motifs is 1. The zero-order valence-electron chi connectivity index (χ0n) is 13.9. The topological polar surface area (TPSA) is 68.5 Å². The van der Waals surface area contributed by atoms with Crippen LogP contribution in [-0.2, 0) is 13.0 Å². The molecular formula is C17H22N6. The predicted molar refractivity (Wildman–Crippen MR) is 91.5 cm³/mol. The van der Waals surface area contributed by atoms with Gasteiger partial charge in [-0.2, -0.15) is 0 Å². The lowest BCUT2D eigenvalue weighted by molar-refractivity contribution is 0.629. The van der Waals surface area contributed by atoms with Crippen molar-refractivity contribution in [1.29, 1.82) is 0 Å². The van der Waals surface area contributed by atoms with Gasteiger partial charge in [0.2, 0.25) is 0 Å². The second-order valence-electron chi connectivity index (χ2n) is 5.67. The molecule has 0 fully saturated rings. The summed E-state index contributed by atoms with van der Waals surface area (Å²) < 4.78 is 2.20. The normalized spacial score (nSPS) is 11.1. The molecule has 0 bridgehead atoms. The largest absolute Gasteiger partial charge is 0.369 e. The van der Waals surface area contributed by atoms with Crippen molar-refractivity contribution in [1.82, 2.24) is 24.5 Å². The van der Waals surface area contributed by atoms with E-state index in [9.17, 15) is 0 Å². The quantitative estimate of drug-likeness (QED) is 0.709. The molecule has 3 rings (SSSR count). The maximum atomic E-state index is 4.49. The van der Waals surface area contributed by atoms with Crippen LogP contribution in [0.2, 0.25) is 0 Å². The van der Waals surface area contributed by atoms with Gasteiger partial charge in [0.25, 0.3) is 0 Å². The third-order valence-electron chi connectivity index (χ3n) is 3.92. The van der Waals surface area contributed by atoms with Crippen molar-refractivity contribution < 1.29 is 0 Å². The van der Waals surface area contributed by atoms with Crippen molar-refractivity contribution in [3.8, 4) is 0 Å². The fraction of sp³-hybridized carbons (Fsp3) is 0.412. The summed E-state index contributed by atoms with van der Waals surface area (Å²) in [7, 11) is 0. The lowest BCUT2D eigenvalue weighted by Gasteiger charge is -2.11. The van der Waals surface area contributed by atoms with Crippen LogP contribution in [-0.4, -0.2) is 31.0 Å². The van der Waals surface area contributed by atoms with E-state index in [0.717, 1.165) is 59.9 Å². The maximum Gasteiger partial charge on any atom is 0.165 e. The Labute approximate surface area is 136 Å². The molecule has 0 unspecified atom stereocenters. The minimum Gasteiger partial charge on any atom is -0.369 e. The average molecular weight is 310 g/mol. The predicted octanol–water partition coefficient (Wildman–Crippen LogP) is 2.90. The van der Waals surface area contributed by atoms with E-state index in [1.54, 1.807) is 6.33 Å². The summed E-state index contributed by atoms with van der Waals surface area (Å²) in [6.07, 6.45) is 7.44. The molecule has 3 aromatic heterocycles. The number of aromatic nitrogens is 5. The Morgan fingerprint density at radius 2 is 2.04 bits per heavy atom. The van der Waals surface area contributed by atoms with Crippen LogP contribution in [0.1, 0.15) is 30.4 Å². The Bertz CT molecular complexity index is 808. The van der Waals surface area contributed by atoms with Gasteiger partial charge in [0.1, 0.15) is 18.0 Å². The van der Waals surface area contributed by atoms with Crippen LogP contribution in [0.15, 0.2) is 24.8 Å². The van der Waals surface area contributed by atoms with E-state index in [2.05, 4.69) is 49.7 Å². The molecule has 6 nitrogen and oxygen atoms in total. The molecule has 0 aromatic carbocycles. The standard InChI is InChI=1S/C17H22N6/c1-4-14-18-7-9-23(14)8-5-6-19-16-15-12(2)10-13(3)22-17(15)21-11-20-16/h7,9-11H,4-6,8H2,1-3H3,(H,19,20,21,22). The molecular weight excluding hydrogens is 288 g/mol. The van der Waals surface area contributed by atoms with Gasteiger partial charge in [-0.1, -0.05) is 6.92 Å². The average Bonchev–Trinajstić information content (AvgIpc) is 2.98. The van der Waals surface area contributed by atoms with E-state index >= 15 is 0 Å². The summed E-state index contributed by atoms with van der Waals surface area (Å²) in [5.41, 5.74) is 2.88. The molecule has 0 saturated carbocycles. The molecule has 0 spiro atoms. The SMILES string of the molecule is CCc1nccn1CCCNc1ncnc2nc(C)cc(C)c12. The Morgan fingerprint density at radius 3 is 2.87 bits per heavy atom. The molecule has 3 aromatic rings. The lowest BCUT2D eigenvalue weighted by atomic mass is 10.1. The number of aryl methyl sites for hydroxylation is 4. The van der Waals surface area contributed by atoms with Crippen LogP contribution in [0.25, 0.3) is 11.0 Å². The molecule has 0 aliphatic carbocycles. The first-order chi connectivity index (χ1) is 11.2. The van der Waals surface area contributed by atoms with Crippen LogP contribution in [0.5, 0.6) is 0 Å². The molecule has 0 aliphatic rings. The molecule has 6 heteroatoms. The summed E-state index contributed by atoms with van der Waals surface area (Å²) in [5, 5.41) is 4.43. The van der Waals surface area contributed by atoms with E-state index in [4.69, 9.17) is 0 Å². The maximum absolute atomic E-state index is 4.49. The number of pyridine rings is 1. The molecule has 0 saturated heterocycles. The number of anilines is 1. The third-order valence-corrected chi connectivity index (χ3v) is 3.92. The summed E-state index contributed by atoms with van der Waals surface area (Å²) >= 11 is 0. The van der Waals surface area contributed by atoms with Crippen LogP contribution < -0.4 is 5.32 Å². The van der Waals surface area contributed by atoms with Crippen molar-refractivity contribution in [2.45, 2.75) is 40.2 Å². The molecule has 23 heavy (non-hydrogen) atoms. The van der Waals surface area contributed by atoms with Crippen molar-refractivity contribution in [3.63, 3.8) is 0 Å². The lowest BCUT2D eigenvalue weighted by Crippen LogP contribution is -2.10. The number of hydrogen-bond donors (Lipinski definition) is 1. The fourth-order valence-corrected chi connectivity index (χ4v) is 2.86. The summed E-state index contributed by atoms with van der Waals surface area (Å²) in [6, 6.07) is 2.07. The molecule has 120 valence electrons. The highest BCUT2D eigenvalue weighted by molar-refractivity contribution is 5.89. The first-order valence-electron chi connectivity index (χ1n) is 8.02. The van der Waals surface area contributed by atoms with Gasteiger partial charge in [-0.15, -0.1) is 0 Å². The zero-order chi connectivity index (χ0) is 16.2. The van der Waals surface area contributed by atoms with Gasteiger partial charge in [0, 0.05) is 37.6 Å². The van der Waals surface area contributed by atoms with E-state index in [-0.39, 0.29) is 0 Å². The Hall–Kier alpha value is -2.50. The highest BCUT2D eigenvalue weighted by atomic mass is 15.1. The number of imidazole rings is 1. The number of nitrogens with one attached hydrogen (secondary N) is 1. The van der Waals surface area contributed by atoms with E-state index in [1.807, 2.05) is 19.3 Å². The minimum atomic E-state index is 0.753. The third kappa shape index (κ3) is 3.31. The van der Waals surface area contributed by atoms with E-state index in [0.29, 0.717) is 0 Å². The summed E-state index contributed by atoms with van der Waals surface area (Å²) in [6.45, 7) is 7.99. The van der Waals surface area contributed by atoms with Crippen molar-refractivity contribution >= 4 is 16.9 Å². The second kappa shape index (κ2) is 6.73. The fourth-order valence-electron chi connectivity index (χ4n) is 2.86. The van der Waals surface area contributed by atoms with Gasteiger partial charge in [-0.25, -0.2) is 19.9 Å². The van der Waals surface area contributed by atoms with Crippen molar-refractivity contribution in [2.75, 3.05) is 11.9 Å². The van der Waals surface area contributed by atoms with Gasteiger partial charge in [-0.3, -0.25) is 0 Å². The molecule has 0 atom stereocenters.